The highest BCUT2D eigenvalue weighted by atomic mass is 35.5. The van der Waals surface area contributed by atoms with Crippen molar-refractivity contribution in [3.63, 3.8) is 0 Å². The lowest BCUT2D eigenvalue weighted by Gasteiger charge is -2.31. The zero-order chi connectivity index (χ0) is 32.8. The molecule has 1 aromatic carbocycles. The number of aliphatic imine (C=N–C) groups is 1. The number of carbonyl (C=O) groups is 1. The topological polar surface area (TPSA) is 136 Å². The van der Waals surface area contributed by atoms with Crippen LogP contribution in [0.4, 0.5) is 29.3 Å². The Morgan fingerprint density at radius 3 is 2.42 bits per heavy atom. The van der Waals surface area contributed by atoms with E-state index >= 15 is 0 Å². The minimum absolute atomic E-state index is 0.00720. The van der Waals surface area contributed by atoms with E-state index in [0.29, 0.717) is 20.4 Å². The number of aromatic nitrogens is 2. The van der Waals surface area contributed by atoms with Crippen molar-refractivity contribution in [1.29, 1.82) is 0 Å². The summed E-state index contributed by atoms with van der Waals surface area (Å²) in [5.74, 6) is 0.975. The number of amides is 1. The van der Waals surface area contributed by atoms with E-state index in [2.05, 4.69) is 32.2 Å². The van der Waals surface area contributed by atoms with E-state index in [1.807, 2.05) is 20.8 Å². The van der Waals surface area contributed by atoms with Crippen molar-refractivity contribution in [3.05, 3.63) is 42.3 Å². The number of halogens is 4. The third-order valence-corrected chi connectivity index (χ3v) is 7.97. The summed E-state index contributed by atoms with van der Waals surface area (Å²) in [6.45, 7) is 13.2. The van der Waals surface area contributed by atoms with Crippen LogP contribution in [0.2, 0.25) is 5.15 Å². The number of anilines is 2. The van der Waals surface area contributed by atoms with Crippen molar-refractivity contribution >= 4 is 44.9 Å². The molecule has 2 N–H and O–H groups in total. The summed E-state index contributed by atoms with van der Waals surface area (Å²) in [6.07, 6.45) is -3.34. The molecule has 17 heteroatoms. The van der Waals surface area contributed by atoms with Crippen LogP contribution in [-0.2, 0) is 26.1 Å². The molecule has 0 saturated heterocycles. The number of nitrogens with zero attached hydrogens (tertiary/aromatic N) is 4. The van der Waals surface area contributed by atoms with Gasteiger partial charge in [0.05, 0.1) is 19.3 Å². The smallest absolute Gasteiger partial charge is 0.427 e. The highest BCUT2D eigenvalue weighted by molar-refractivity contribution is 7.93. The maximum absolute atomic E-state index is 13.2. The van der Waals surface area contributed by atoms with Gasteiger partial charge in [0.15, 0.2) is 5.15 Å². The zero-order valence-electron chi connectivity index (χ0n) is 24.9. The molecule has 0 bridgehead atoms. The van der Waals surface area contributed by atoms with Gasteiger partial charge in [-0.15, -0.1) is 0 Å². The summed E-state index contributed by atoms with van der Waals surface area (Å²) in [5, 5.41) is 5.91. The molecule has 12 nitrogen and oxygen atoms in total. The van der Waals surface area contributed by atoms with Gasteiger partial charge in [-0.05, 0) is 39.0 Å². The second kappa shape index (κ2) is 13.9. The first-order valence-electron chi connectivity index (χ1n) is 12.9. The molecule has 3 rings (SSSR count). The van der Waals surface area contributed by atoms with Gasteiger partial charge in [0.25, 0.3) is 10.0 Å². The molecule has 0 unspecified atom stereocenters. The van der Waals surface area contributed by atoms with Gasteiger partial charge in [-0.25, -0.2) is 18.2 Å². The fourth-order valence-electron chi connectivity index (χ4n) is 3.35. The summed E-state index contributed by atoms with van der Waals surface area (Å²) in [7, 11) is -2.58. The average molecular weight is 653 g/mol. The Labute approximate surface area is 253 Å². The Kier molecular flexibility index (Phi) is 11.5. The predicted molar refractivity (Wildman–Crippen MR) is 157 cm³/mol. The molecular weight excluding hydrogens is 617 g/mol. The van der Waals surface area contributed by atoms with E-state index in [1.54, 1.807) is 14.0 Å². The van der Waals surface area contributed by atoms with Crippen molar-refractivity contribution in [1.82, 2.24) is 15.3 Å². The number of rotatable bonds is 7. The van der Waals surface area contributed by atoms with Gasteiger partial charge < -0.3 is 9.47 Å². The van der Waals surface area contributed by atoms with E-state index < -0.39 is 27.9 Å². The lowest BCUT2D eigenvalue weighted by atomic mass is 9.95. The number of amidine groups is 1. The summed E-state index contributed by atoms with van der Waals surface area (Å²) in [5.41, 5.74) is 0.0232. The van der Waals surface area contributed by atoms with Crippen molar-refractivity contribution in [2.75, 3.05) is 29.9 Å². The molecule has 0 atom stereocenters. The van der Waals surface area contributed by atoms with Crippen molar-refractivity contribution in [2.24, 2.45) is 10.4 Å². The zero-order valence-corrected chi connectivity index (χ0v) is 26.4. The standard InChI is InChI=1S/C18H20ClF3N4O5S.C8H16N2O/c1-4-25-10-14(15(19)24-25)32(28,29)26-7-8-30-13-6-5-11(9-12(13)26)23-16(27)31-17(2,3)18(20,21)22;1-6-9-7(10-11-5)8(2,3)4/h5-6,9-10H,4,7-8H2,1-3H3,(H,23,27);6H,1H2,2-5H3,(H,9,10). The van der Waals surface area contributed by atoms with Gasteiger partial charge in [0.2, 0.25) is 5.60 Å². The molecule has 1 aromatic heterocycles. The van der Waals surface area contributed by atoms with Crippen molar-refractivity contribution in [2.45, 2.75) is 64.8 Å². The minimum Gasteiger partial charge on any atom is -0.489 e. The third-order valence-electron chi connectivity index (χ3n) is 5.76. The van der Waals surface area contributed by atoms with E-state index in [4.69, 9.17) is 21.2 Å². The molecule has 0 saturated carbocycles. The number of alkyl halides is 3. The van der Waals surface area contributed by atoms with Crippen molar-refractivity contribution in [3.8, 4) is 5.75 Å². The Morgan fingerprint density at radius 2 is 1.91 bits per heavy atom. The highest BCUT2D eigenvalue weighted by Gasteiger charge is 2.51. The summed E-state index contributed by atoms with van der Waals surface area (Å²) in [4.78, 5) is 20.6. The maximum Gasteiger partial charge on any atom is 0.427 e. The van der Waals surface area contributed by atoms with Gasteiger partial charge in [-0.3, -0.25) is 24.6 Å². The first-order chi connectivity index (χ1) is 19.8. The van der Waals surface area contributed by atoms with Gasteiger partial charge >= 0.3 is 12.3 Å². The van der Waals surface area contributed by atoms with Crippen LogP contribution >= 0.6 is 11.6 Å². The number of ether oxygens (including phenoxy) is 2. The Bertz CT molecular complexity index is 1440. The lowest BCUT2D eigenvalue weighted by Crippen LogP contribution is -2.44. The summed E-state index contributed by atoms with van der Waals surface area (Å²) < 4.78 is 77.7. The predicted octanol–water partition coefficient (Wildman–Crippen LogP) is 5.76. The van der Waals surface area contributed by atoms with Gasteiger partial charge in [-0.1, -0.05) is 39.0 Å². The number of hydrogen-bond donors (Lipinski definition) is 2. The quantitative estimate of drug-likeness (QED) is 0.219. The molecule has 1 amide bonds. The SMILES string of the molecule is C=CN=C(NOC)C(C)(C)C.CCn1cc(S(=O)(=O)N2CCOc3ccc(NC(=O)OC(C)(C)C(F)(F)F)cc32)c(Cl)n1. The molecule has 240 valence electrons. The number of hydrogen-bond acceptors (Lipinski definition) is 8. The number of aryl methyl sites for hydroxylation is 1. The highest BCUT2D eigenvalue weighted by Crippen LogP contribution is 2.39. The molecule has 0 spiro atoms. The number of fused-ring (bicyclic) bond motifs is 1. The first kappa shape index (κ1) is 35.7. The number of benzene rings is 1. The second-order valence-corrected chi connectivity index (χ2v) is 12.7. The van der Waals surface area contributed by atoms with Gasteiger partial charge in [-0.2, -0.15) is 18.3 Å². The van der Waals surface area contributed by atoms with Gasteiger partial charge in [0.1, 0.15) is 23.1 Å². The van der Waals surface area contributed by atoms with Crippen LogP contribution < -0.4 is 19.8 Å². The molecule has 2 aromatic rings. The molecule has 0 aliphatic carbocycles. The maximum atomic E-state index is 13.2. The molecule has 1 aliphatic rings. The summed E-state index contributed by atoms with van der Waals surface area (Å²) >= 11 is 6.02. The normalized spacial score (nSPS) is 14.1. The fraction of sp³-hybridized carbons (Fsp3) is 0.500. The molecule has 0 fully saturated rings. The van der Waals surface area contributed by atoms with Crippen LogP contribution in [0.25, 0.3) is 0 Å². The number of nitrogens with one attached hydrogen (secondary N) is 2. The fourth-order valence-corrected chi connectivity index (χ4v) is 5.25. The van der Waals surface area contributed by atoms with E-state index in [0.717, 1.165) is 10.1 Å². The Balaban J connectivity index is 0.000000499. The van der Waals surface area contributed by atoms with Crippen LogP contribution in [0.1, 0.15) is 41.5 Å². The molecule has 43 heavy (non-hydrogen) atoms. The van der Waals surface area contributed by atoms with Crippen LogP contribution in [0, 0.1) is 5.41 Å². The van der Waals surface area contributed by atoms with Gasteiger partial charge in [0, 0.05) is 30.0 Å². The molecule has 1 aliphatic heterocycles. The Morgan fingerprint density at radius 1 is 1.26 bits per heavy atom. The van der Waals surface area contributed by atoms with E-state index in [-0.39, 0.29) is 45.7 Å². The number of hydroxylamine groups is 1. The lowest BCUT2D eigenvalue weighted by molar-refractivity contribution is -0.242. The third kappa shape index (κ3) is 9.00. The summed E-state index contributed by atoms with van der Waals surface area (Å²) in [6, 6.07) is 3.99. The first-order valence-corrected chi connectivity index (χ1v) is 14.7. The minimum atomic E-state index is -4.78. The average Bonchev–Trinajstić information content (AvgIpc) is 3.28. The monoisotopic (exact) mass is 652 g/mol. The van der Waals surface area contributed by atoms with Crippen LogP contribution in [-0.4, -0.2) is 62.2 Å². The number of carbonyl (C=O) groups excluding carboxylic acids is 1. The van der Waals surface area contributed by atoms with E-state index in [9.17, 15) is 26.4 Å². The van der Waals surface area contributed by atoms with Crippen LogP contribution in [0.3, 0.4) is 0 Å². The van der Waals surface area contributed by atoms with Crippen LogP contribution in [0.5, 0.6) is 5.75 Å². The molecular formula is C26H36ClF3N6O6S. The largest absolute Gasteiger partial charge is 0.489 e. The molecule has 2 heterocycles. The second-order valence-electron chi connectivity index (χ2n) is 10.5. The van der Waals surface area contributed by atoms with Crippen LogP contribution in [0.15, 0.2) is 47.1 Å². The Hall–Kier alpha value is -3.50. The van der Waals surface area contributed by atoms with Crippen molar-refractivity contribution < 1.29 is 40.7 Å². The van der Waals surface area contributed by atoms with E-state index in [1.165, 1.54) is 35.3 Å². The molecule has 0 radical (unpaired) electrons. The number of sulfonamides is 1.